The molecule has 78 valence electrons. The van der Waals surface area contributed by atoms with Crippen LogP contribution in [0.4, 0.5) is 8.78 Å². The molecule has 0 aromatic heterocycles. The molecule has 14 heavy (non-hydrogen) atoms. The molecule has 0 aliphatic rings. The Morgan fingerprint density at radius 2 is 1.71 bits per heavy atom. The van der Waals surface area contributed by atoms with Crippen molar-refractivity contribution in [2.45, 2.75) is 31.1 Å². The van der Waals surface area contributed by atoms with Crippen molar-refractivity contribution in [3.8, 4) is 0 Å². The summed E-state index contributed by atoms with van der Waals surface area (Å²) < 4.78 is 27.0. The Bertz CT molecular complexity index is 291. The van der Waals surface area contributed by atoms with Gasteiger partial charge >= 0.3 is 0 Å². The lowest BCUT2D eigenvalue weighted by atomic mass is 9.99. The summed E-state index contributed by atoms with van der Waals surface area (Å²) in [6, 6.07) is 6.05. The van der Waals surface area contributed by atoms with Crippen LogP contribution in [0.3, 0.4) is 0 Å². The Morgan fingerprint density at radius 1 is 1.21 bits per heavy atom. The number of rotatable bonds is 3. The summed E-state index contributed by atoms with van der Waals surface area (Å²) in [7, 11) is 0. The van der Waals surface area contributed by atoms with Crippen LogP contribution in [0.5, 0.6) is 0 Å². The molecule has 3 heteroatoms. The molecular weight excluding hydrogens is 202 g/mol. The number of hydrogen-bond acceptors (Lipinski definition) is 1. The first-order chi connectivity index (χ1) is 6.42. The maximum atomic E-state index is 13.5. The summed E-state index contributed by atoms with van der Waals surface area (Å²) in [6.45, 7) is 3.59. The molecule has 0 unspecified atom stereocenters. The first kappa shape index (κ1) is 11.5. The molecule has 0 heterocycles. The fraction of sp³-hybridized carbons (Fsp3) is 0.455. The van der Waals surface area contributed by atoms with Gasteiger partial charge in [-0.2, -0.15) is 0 Å². The van der Waals surface area contributed by atoms with Crippen molar-refractivity contribution < 1.29 is 8.78 Å². The Balaban J connectivity index is 2.86. The highest BCUT2D eigenvalue weighted by atomic mass is 32.1. The maximum absolute atomic E-state index is 13.5. The topological polar surface area (TPSA) is 0 Å². The molecule has 0 nitrogen and oxygen atoms in total. The third-order valence-corrected chi connectivity index (χ3v) is 2.25. The van der Waals surface area contributed by atoms with Gasteiger partial charge in [-0.15, -0.1) is 12.6 Å². The van der Waals surface area contributed by atoms with Crippen molar-refractivity contribution in [3.05, 3.63) is 29.8 Å². The molecule has 1 rings (SSSR count). The van der Waals surface area contributed by atoms with Crippen molar-refractivity contribution >= 4 is 12.6 Å². The first-order valence-corrected chi connectivity index (χ1v) is 5.04. The average molecular weight is 216 g/mol. The number of halogens is 2. The average Bonchev–Trinajstić information content (AvgIpc) is 2.02. The van der Waals surface area contributed by atoms with Gasteiger partial charge in [0.15, 0.2) is 0 Å². The molecule has 0 aliphatic heterocycles. The van der Waals surface area contributed by atoms with Crippen LogP contribution in [0.15, 0.2) is 29.2 Å². The van der Waals surface area contributed by atoms with Gasteiger partial charge in [-0.3, -0.25) is 0 Å². The largest absolute Gasteiger partial charge is 0.273 e. The summed E-state index contributed by atoms with van der Waals surface area (Å²) in [5.74, 6) is -2.74. The molecular formula is C11H14F2S. The van der Waals surface area contributed by atoms with E-state index in [1.54, 1.807) is 26.0 Å². The zero-order valence-corrected chi connectivity index (χ0v) is 9.19. The van der Waals surface area contributed by atoms with Gasteiger partial charge in [-0.05, 0) is 18.1 Å². The van der Waals surface area contributed by atoms with E-state index in [0.717, 1.165) is 0 Å². The van der Waals surface area contributed by atoms with Crippen molar-refractivity contribution in [2.24, 2.45) is 5.92 Å². The number of hydrogen-bond donors (Lipinski definition) is 1. The van der Waals surface area contributed by atoms with Crippen molar-refractivity contribution in [1.82, 2.24) is 0 Å². The van der Waals surface area contributed by atoms with Crippen molar-refractivity contribution in [1.29, 1.82) is 0 Å². The smallest absolute Gasteiger partial charge is 0.201 e. The molecule has 0 atom stereocenters. The molecule has 0 saturated carbocycles. The zero-order chi connectivity index (χ0) is 10.8. The van der Waals surface area contributed by atoms with Gasteiger partial charge in [0.05, 0.1) is 0 Å². The van der Waals surface area contributed by atoms with Gasteiger partial charge in [0.2, 0.25) is 0 Å². The minimum absolute atomic E-state index is 0.0133. The van der Waals surface area contributed by atoms with Crippen LogP contribution in [0, 0.1) is 5.92 Å². The number of benzene rings is 1. The Morgan fingerprint density at radius 3 is 2.14 bits per heavy atom. The SMILES string of the molecule is CC(C)CC(F)(F)c1ccc(S)cc1. The van der Waals surface area contributed by atoms with Crippen LogP contribution >= 0.6 is 12.6 Å². The van der Waals surface area contributed by atoms with Crippen molar-refractivity contribution in [2.75, 3.05) is 0 Å². The summed E-state index contributed by atoms with van der Waals surface area (Å²) in [6.07, 6.45) is -0.112. The monoisotopic (exact) mass is 216 g/mol. The Labute approximate surface area is 88.7 Å². The molecule has 0 spiro atoms. The molecule has 1 aromatic carbocycles. The van der Waals surface area contributed by atoms with Crippen LogP contribution in [0.25, 0.3) is 0 Å². The summed E-state index contributed by atoms with van der Waals surface area (Å²) in [5, 5.41) is 0. The van der Waals surface area contributed by atoms with Crippen LogP contribution < -0.4 is 0 Å². The quantitative estimate of drug-likeness (QED) is 0.722. The predicted molar refractivity (Wildman–Crippen MR) is 57.0 cm³/mol. The lowest BCUT2D eigenvalue weighted by Gasteiger charge is -2.18. The van der Waals surface area contributed by atoms with Crippen LogP contribution in [-0.2, 0) is 5.92 Å². The summed E-state index contributed by atoms with van der Waals surface area (Å²) in [4.78, 5) is 0.703. The van der Waals surface area contributed by atoms with Gasteiger partial charge in [-0.1, -0.05) is 26.0 Å². The fourth-order valence-electron chi connectivity index (χ4n) is 1.34. The Kier molecular flexibility index (Phi) is 3.53. The summed E-state index contributed by atoms with van der Waals surface area (Å²) >= 11 is 4.05. The minimum Gasteiger partial charge on any atom is -0.201 e. The van der Waals surface area contributed by atoms with Crippen molar-refractivity contribution in [3.63, 3.8) is 0 Å². The molecule has 0 bridgehead atoms. The molecule has 1 aromatic rings. The van der Waals surface area contributed by atoms with E-state index in [4.69, 9.17) is 0 Å². The highest BCUT2D eigenvalue weighted by molar-refractivity contribution is 7.80. The highest BCUT2D eigenvalue weighted by Gasteiger charge is 2.31. The standard InChI is InChI=1S/C11H14F2S/c1-8(2)7-11(12,13)9-3-5-10(14)6-4-9/h3-6,8,14H,7H2,1-2H3. The molecule has 0 fully saturated rings. The van der Waals surface area contributed by atoms with Gasteiger partial charge in [0.1, 0.15) is 0 Å². The van der Waals surface area contributed by atoms with E-state index in [1.165, 1.54) is 12.1 Å². The molecule has 0 N–H and O–H groups in total. The second-order valence-electron chi connectivity index (χ2n) is 3.85. The van der Waals surface area contributed by atoms with E-state index in [-0.39, 0.29) is 17.9 Å². The predicted octanol–water partition coefficient (Wildman–Crippen LogP) is 4.11. The van der Waals surface area contributed by atoms with Gasteiger partial charge in [-0.25, -0.2) is 8.78 Å². The van der Waals surface area contributed by atoms with E-state index in [1.807, 2.05) is 0 Å². The van der Waals surface area contributed by atoms with Gasteiger partial charge in [0, 0.05) is 16.9 Å². The van der Waals surface area contributed by atoms with Crippen LogP contribution in [0.2, 0.25) is 0 Å². The van der Waals surface area contributed by atoms with E-state index >= 15 is 0 Å². The zero-order valence-electron chi connectivity index (χ0n) is 8.30. The van der Waals surface area contributed by atoms with E-state index < -0.39 is 5.92 Å². The van der Waals surface area contributed by atoms with E-state index in [9.17, 15) is 8.78 Å². The van der Waals surface area contributed by atoms with E-state index in [0.29, 0.717) is 4.90 Å². The molecule has 0 radical (unpaired) electrons. The third kappa shape index (κ3) is 2.98. The second kappa shape index (κ2) is 4.30. The number of thiol groups is 1. The minimum atomic E-state index is -2.73. The molecule has 0 saturated heterocycles. The lowest BCUT2D eigenvalue weighted by molar-refractivity contribution is -0.0249. The van der Waals surface area contributed by atoms with Gasteiger partial charge in [0.25, 0.3) is 5.92 Å². The first-order valence-electron chi connectivity index (χ1n) is 4.59. The third-order valence-electron chi connectivity index (χ3n) is 1.95. The number of alkyl halides is 2. The summed E-state index contributed by atoms with van der Waals surface area (Å²) in [5.41, 5.74) is 0.0731. The van der Waals surface area contributed by atoms with E-state index in [2.05, 4.69) is 12.6 Å². The van der Waals surface area contributed by atoms with Crippen LogP contribution in [-0.4, -0.2) is 0 Å². The Hall–Kier alpha value is -0.570. The second-order valence-corrected chi connectivity index (χ2v) is 4.37. The maximum Gasteiger partial charge on any atom is 0.273 e. The van der Waals surface area contributed by atoms with Crippen LogP contribution in [0.1, 0.15) is 25.8 Å². The lowest BCUT2D eigenvalue weighted by Crippen LogP contribution is -2.16. The molecule has 0 aliphatic carbocycles. The normalized spacial score (nSPS) is 12.1. The fourth-order valence-corrected chi connectivity index (χ4v) is 1.48. The van der Waals surface area contributed by atoms with Gasteiger partial charge < -0.3 is 0 Å². The molecule has 0 amide bonds. The highest BCUT2D eigenvalue weighted by Crippen LogP contribution is 2.34.